The summed E-state index contributed by atoms with van der Waals surface area (Å²) in [6, 6.07) is 12.5. The van der Waals surface area contributed by atoms with Crippen molar-refractivity contribution in [1.29, 1.82) is 0 Å². The normalized spacial score (nSPS) is 16.8. The van der Waals surface area contributed by atoms with Crippen molar-refractivity contribution in [2.24, 2.45) is 5.92 Å². The first-order valence-corrected chi connectivity index (χ1v) is 10.6. The summed E-state index contributed by atoms with van der Waals surface area (Å²) >= 11 is 1.21. The highest BCUT2D eigenvalue weighted by Crippen LogP contribution is 2.31. The summed E-state index contributed by atoms with van der Waals surface area (Å²) in [5, 5.41) is 3.87. The number of rotatable bonds is 6. The summed E-state index contributed by atoms with van der Waals surface area (Å²) < 4.78 is 26.3. The van der Waals surface area contributed by atoms with Crippen molar-refractivity contribution >= 4 is 27.1 Å². The van der Waals surface area contributed by atoms with Crippen molar-refractivity contribution in [3.63, 3.8) is 0 Å². The molecule has 1 N–H and O–H groups in total. The standard InChI is InChI=1S/C18H21NO3S2/c20-18(15-9-4-5-10-15)19-13-16(14-7-2-1-3-8-14)24(21,22)17-11-6-12-23-17/h1-3,6-8,11-12,15-16H,4-5,9-10,13H2,(H,19,20). The van der Waals surface area contributed by atoms with Gasteiger partial charge in [-0.1, -0.05) is 49.2 Å². The van der Waals surface area contributed by atoms with E-state index in [1.54, 1.807) is 29.6 Å². The Kier molecular flexibility index (Phi) is 5.36. The van der Waals surface area contributed by atoms with Crippen LogP contribution in [0.4, 0.5) is 0 Å². The second-order valence-electron chi connectivity index (χ2n) is 6.10. The molecule has 1 saturated carbocycles. The molecule has 1 atom stereocenters. The number of thiophene rings is 1. The van der Waals surface area contributed by atoms with Gasteiger partial charge in [0.05, 0.1) is 0 Å². The molecule has 0 spiro atoms. The Morgan fingerprint density at radius 1 is 1.12 bits per heavy atom. The average molecular weight is 364 g/mol. The minimum Gasteiger partial charge on any atom is -0.354 e. The number of nitrogens with one attached hydrogen (secondary N) is 1. The minimum absolute atomic E-state index is 0.0187. The second kappa shape index (κ2) is 7.49. The third-order valence-electron chi connectivity index (χ3n) is 4.51. The summed E-state index contributed by atoms with van der Waals surface area (Å²) in [6.07, 6.45) is 3.96. The van der Waals surface area contributed by atoms with Gasteiger partial charge in [0, 0.05) is 12.5 Å². The van der Waals surface area contributed by atoms with Gasteiger partial charge in [0.15, 0.2) is 9.84 Å². The molecule has 2 aromatic rings. The smallest absolute Gasteiger partial charge is 0.223 e. The number of sulfone groups is 1. The summed E-state index contributed by atoms with van der Waals surface area (Å²) in [6.45, 7) is 0.111. The molecule has 0 saturated heterocycles. The lowest BCUT2D eigenvalue weighted by molar-refractivity contribution is -0.124. The van der Waals surface area contributed by atoms with Crippen LogP contribution in [-0.2, 0) is 14.6 Å². The molecule has 1 fully saturated rings. The average Bonchev–Trinajstić information content (AvgIpc) is 3.29. The summed E-state index contributed by atoms with van der Waals surface area (Å²) in [4.78, 5) is 12.3. The number of carbonyl (C=O) groups excluding carboxylic acids is 1. The van der Waals surface area contributed by atoms with Gasteiger partial charge in [0.2, 0.25) is 5.91 Å². The largest absolute Gasteiger partial charge is 0.354 e. The molecule has 3 rings (SSSR count). The van der Waals surface area contributed by atoms with E-state index in [4.69, 9.17) is 0 Å². The van der Waals surface area contributed by atoms with Crippen LogP contribution < -0.4 is 5.32 Å². The summed E-state index contributed by atoms with van der Waals surface area (Å²) in [7, 11) is -3.53. The molecular weight excluding hydrogens is 342 g/mol. The van der Waals surface area contributed by atoms with Crippen LogP contribution in [0.25, 0.3) is 0 Å². The number of hydrogen-bond donors (Lipinski definition) is 1. The molecule has 6 heteroatoms. The fraction of sp³-hybridized carbons (Fsp3) is 0.389. The van der Waals surface area contributed by atoms with Gasteiger partial charge in [-0.05, 0) is 29.9 Å². The molecule has 24 heavy (non-hydrogen) atoms. The van der Waals surface area contributed by atoms with E-state index in [1.807, 2.05) is 18.2 Å². The van der Waals surface area contributed by atoms with Crippen LogP contribution in [0.15, 0.2) is 52.1 Å². The van der Waals surface area contributed by atoms with Crippen LogP contribution in [0.3, 0.4) is 0 Å². The van der Waals surface area contributed by atoms with Crippen molar-refractivity contribution in [2.45, 2.75) is 35.1 Å². The van der Waals surface area contributed by atoms with Crippen molar-refractivity contribution in [2.75, 3.05) is 6.54 Å². The van der Waals surface area contributed by atoms with Gasteiger partial charge >= 0.3 is 0 Å². The molecule has 0 aliphatic heterocycles. The predicted octanol–water partition coefficient (Wildman–Crippen LogP) is 3.57. The maximum Gasteiger partial charge on any atom is 0.223 e. The van der Waals surface area contributed by atoms with Gasteiger partial charge in [-0.3, -0.25) is 4.79 Å². The molecule has 1 aromatic carbocycles. The molecule has 1 heterocycles. The topological polar surface area (TPSA) is 63.2 Å². The number of amides is 1. The van der Waals surface area contributed by atoms with E-state index < -0.39 is 15.1 Å². The first kappa shape index (κ1) is 17.2. The van der Waals surface area contributed by atoms with Gasteiger partial charge < -0.3 is 5.32 Å². The van der Waals surface area contributed by atoms with Gasteiger partial charge in [-0.2, -0.15) is 0 Å². The molecule has 0 radical (unpaired) electrons. The zero-order valence-corrected chi connectivity index (χ0v) is 15.0. The highest BCUT2D eigenvalue weighted by molar-refractivity contribution is 7.93. The Bertz CT molecular complexity index is 764. The lowest BCUT2D eigenvalue weighted by atomic mass is 10.1. The van der Waals surface area contributed by atoms with Crippen LogP contribution in [0.2, 0.25) is 0 Å². The Morgan fingerprint density at radius 2 is 1.83 bits per heavy atom. The van der Waals surface area contributed by atoms with Gasteiger partial charge in [0.1, 0.15) is 9.46 Å². The first-order valence-electron chi connectivity index (χ1n) is 8.19. The van der Waals surface area contributed by atoms with Crippen LogP contribution in [0, 0.1) is 5.92 Å². The molecule has 1 aliphatic rings. The Balaban J connectivity index is 1.82. The summed E-state index contributed by atoms with van der Waals surface area (Å²) in [5.74, 6) is 0.0145. The monoisotopic (exact) mass is 363 g/mol. The van der Waals surface area contributed by atoms with E-state index in [0.29, 0.717) is 9.77 Å². The molecular formula is C18H21NO3S2. The van der Waals surface area contributed by atoms with E-state index in [-0.39, 0.29) is 18.4 Å². The van der Waals surface area contributed by atoms with Crippen molar-refractivity contribution in [3.05, 3.63) is 53.4 Å². The highest BCUT2D eigenvalue weighted by atomic mass is 32.2. The van der Waals surface area contributed by atoms with Crippen LogP contribution in [0.5, 0.6) is 0 Å². The highest BCUT2D eigenvalue weighted by Gasteiger charge is 2.31. The fourth-order valence-corrected chi connectivity index (χ4v) is 6.03. The van der Waals surface area contributed by atoms with Crippen molar-refractivity contribution in [3.8, 4) is 0 Å². The molecule has 1 amide bonds. The summed E-state index contributed by atoms with van der Waals surface area (Å²) in [5.41, 5.74) is 0.706. The minimum atomic E-state index is -3.53. The molecule has 0 bridgehead atoms. The fourth-order valence-electron chi connectivity index (χ4n) is 3.17. The van der Waals surface area contributed by atoms with Crippen LogP contribution in [0.1, 0.15) is 36.5 Å². The third kappa shape index (κ3) is 3.70. The van der Waals surface area contributed by atoms with Gasteiger partial charge in [-0.15, -0.1) is 11.3 Å². The number of carbonyl (C=O) groups is 1. The molecule has 128 valence electrons. The zero-order valence-electron chi connectivity index (χ0n) is 13.4. The van der Waals surface area contributed by atoms with Gasteiger partial charge in [0.25, 0.3) is 0 Å². The quantitative estimate of drug-likeness (QED) is 0.853. The zero-order chi connectivity index (χ0) is 17.0. The number of hydrogen-bond acceptors (Lipinski definition) is 4. The Hall–Kier alpha value is -1.66. The molecule has 1 unspecified atom stereocenters. The Morgan fingerprint density at radius 3 is 2.46 bits per heavy atom. The van der Waals surface area contributed by atoms with E-state index in [0.717, 1.165) is 25.7 Å². The van der Waals surface area contributed by atoms with Crippen LogP contribution in [-0.4, -0.2) is 20.9 Å². The molecule has 4 nitrogen and oxygen atoms in total. The van der Waals surface area contributed by atoms with Crippen LogP contribution >= 0.6 is 11.3 Å². The molecule has 1 aliphatic carbocycles. The second-order valence-corrected chi connectivity index (χ2v) is 9.41. The number of benzene rings is 1. The maximum absolute atomic E-state index is 13.0. The maximum atomic E-state index is 13.0. The van der Waals surface area contributed by atoms with Crippen molar-refractivity contribution < 1.29 is 13.2 Å². The van der Waals surface area contributed by atoms with E-state index >= 15 is 0 Å². The molecule has 1 aromatic heterocycles. The lowest BCUT2D eigenvalue weighted by Crippen LogP contribution is -2.35. The first-order chi connectivity index (χ1) is 11.6. The van der Waals surface area contributed by atoms with Crippen molar-refractivity contribution in [1.82, 2.24) is 5.32 Å². The van der Waals surface area contributed by atoms with E-state index in [9.17, 15) is 13.2 Å². The predicted molar refractivity (Wildman–Crippen MR) is 95.7 cm³/mol. The third-order valence-corrected chi connectivity index (χ3v) is 8.04. The van der Waals surface area contributed by atoms with E-state index in [2.05, 4.69) is 5.32 Å². The lowest BCUT2D eigenvalue weighted by Gasteiger charge is -2.19. The van der Waals surface area contributed by atoms with E-state index in [1.165, 1.54) is 11.3 Å². The van der Waals surface area contributed by atoms with Gasteiger partial charge in [-0.25, -0.2) is 8.42 Å². The SMILES string of the molecule is O=C(NCC(c1ccccc1)S(=O)(=O)c1cccs1)C1CCCC1. The Labute approximate surface area is 146 Å².